The Balaban J connectivity index is 0.000000774. The van der Waals surface area contributed by atoms with Crippen molar-refractivity contribution in [3.63, 3.8) is 0 Å². The minimum atomic E-state index is -0.178. The van der Waals surface area contributed by atoms with Gasteiger partial charge in [0.15, 0.2) is 0 Å². The Hall–Kier alpha value is -1.88. The Morgan fingerprint density at radius 2 is 2.05 bits per heavy atom. The van der Waals surface area contributed by atoms with E-state index in [9.17, 15) is 4.79 Å². The van der Waals surface area contributed by atoms with Crippen LogP contribution < -0.4 is 10.3 Å². The smallest absolute Gasteiger partial charge is 0.274 e. The Labute approximate surface area is 131 Å². The fourth-order valence-corrected chi connectivity index (χ4v) is 2.97. The van der Waals surface area contributed by atoms with Gasteiger partial charge in [-0.15, -0.1) is 0 Å². The van der Waals surface area contributed by atoms with E-state index in [0.29, 0.717) is 5.52 Å². The van der Waals surface area contributed by atoms with Gasteiger partial charge in [0.05, 0.1) is 17.1 Å². The number of ether oxygens (including phenoxy) is 1. The molecule has 0 aliphatic carbocycles. The first-order chi connectivity index (χ1) is 10.1. The number of aromatic amines is 1. The molecule has 3 rings (SSSR count). The number of rotatable bonds is 1. The van der Waals surface area contributed by atoms with E-state index in [2.05, 4.69) is 25.9 Å². The second-order valence-corrected chi connectivity index (χ2v) is 5.11. The van der Waals surface area contributed by atoms with Crippen LogP contribution in [0, 0.1) is 6.92 Å². The Kier molecular flexibility index (Phi) is 4.63. The van der Waals surface area contributed by atoms with Crippen LogP contribution in [0.15, 0.2) is 33.7 Å². The largest absolute Gasteiger partial charge is 0.496 e. The Bertz CT molecular complexity index is 856. The van der Waals surface area contributed by atoms with Crippen LogP contribution in [-0.4, -0.2) is 17.1 Å². The summed E-state index contributed by atoms with van der Waals surface area (Å²) in [7, 11) is 1.62. The number of nitrogens with one attached hydrogen (secondary N) is 1. The molecule has 0 saturated carbocycles. The third kappa shape index (κ3) is 2.53. The van der Waals surface area contributed by atoms with Crippen LogP contribution in [0.2, 0.25) is 0 Å². The minimum absolute atomic E-state index is 0.178. The number of methoxy groups -OCH3 is 1. The number of pyridine rings is 2. The molecule has 0 saturated heterocycles. The van der Waals surface area contributed by atoms with Crippen molar-refractivity contribution in [2.45, 2.75) is 20.8 Å². The number of aromatic nitrogens is 2. The van der Waals surface area contributed by atoms with Crippen molar-refractivity contribution in [2.75, 3.05) is 7.11 Å². The third-order valence-corrected chi connectivity index (χ3v) is 3.97. The van der Waals surface area contributed by atoms with Gasteiger partial charge in [0.1, 0.15) is 11.3 Å². The van der Waals surface area contributed by atoms with Crippen LogP contribution in [0.1, 0.15) is 19.4 Å². The number of hydrogen-bond donors (Lipinski definition) is 1. The van der Waals surface area contributed by atoms with Gasteiger partial charge < -0.3 is 9.72 Å². The van der Waals surface area contributed by atoms with Gasteiger partial charge in [-0.3, -0.25) is 9.78 Å². The topological polar surface area (TPSA) is 55.0 Å². The summed E-state index contributed by atoms with van der Waals surface area (Å²) in [4.78, 5) is 19.1. The van der Waals surface area contributed by atoms with Crippen molar-refractivity contribution in [1.29, 1.82) is 0 Å². The highest BCUT2D eigenvalue weighted by Gasteiger charge is 2.14. The van der Waals surface area contributed by atoms with E-state index in [0.717, 1.165) is 32.1 Å². The van der Waals surface area contributed by atoms with Crippen LogP contribution in [-0.2, 0) is 0 Å². The third-order valence-electron chi connectivity index (χ3n) is 3.18. The fraction of sp³-hybridized carbons (Fsp3) is 0.250. The SMILES string of the molecule is CC.COc1cc(C)c2[nH]c(=O)c3ncccc3c2c1Br. The van der Waals surface area contributed by atoms with E-state index in [1.54, 1.807) is 13.3 Å². The lowest BCUT2D eigenvalue weighted by Gasteiger charge is -2.11. The van der Waals surface area contributed by atoms with E-state index in [1.165, 1.54) is 0 Å². The van der Waals surface area contributed by atoms with Crippen LogP contribution in [0.4, 0.5) is 0 Å². The maximum atomic E-state index is 12.0. The number of benzene rings is 1. The van der Waals surface area contributed by atoms with E-state index >= 15 is 0 Å². The molecule has 0 radical (unpaired) electrons. The van der Waals surface area contributed by atoms with Crippen molar-refractivity contribution in [2.24, 2.45) is 0 Å². The first-order valence-electron chi connectivity index (χ1n) is 6.77. The average molecular weight is 349 g/mol. The molecular formula is C16H17BrN2O2. The van der Waals surface area contributed by atoms with Gasteiger partial charge in [-0.2, -0.15) is 0 Å². The average Bonchev–Trinajstić information content (AvgIpc) is 2.53. The Morgan fingerprint density at radius 1 is 1.33 bits per heavy atom. The lowest BCUT2D eigenvalue weighted by molar-refractivity contribution is 0.412. The van der Waals surface area contributed by atoms with Gasteiger partial charge in [-0.05, 0) is 40.5 Å². The zero-order chi connectivity index (χ0) is 15.6. The molecular weight excluding hydrogens is 332 g/mol. The molecule has 21 heavy (non-hydrogen) atoms. The fourth-order valence-electron chi connectivity index (χ4n) is 2.29. The first-order valence-corrected chi connectivity index (χ1v) is 7.56. The molecule has 0 bridgehead atoms. The summed E-state index contributed by atoms with van der Waals surface area (Å²) in [6.07, 6.45) is 1.62. The predicted molar refractivity (Wildman–Crippen MR) is 90.2 cm³/mol. The predicted octanol–water partition coefficient (Wildman–Crippen LogP) is 4.18. The zero-order valence-corrected chi connectivity index (χ0v) is 14.0. The molecule has 2 heterocycles. The summed E-state index contributed by atoms with van der Waals surface area (Å²) in [5, 5.41) is 1.73. The molecule has 0 amide bonds. The van der Waals surface area contributed by atoms with Crippen molar-refractivity contribution in [3.8, 4) is 5.75 Å². The minimum Gasteiger partial charge on any atom is -0.496 e. The lowest BCUT2D eigenvalue weighted by Crippen LogP contribution is -2.09. The maximum Gasteiger partial charge on any atom is 0.274 e. The molecule has 0 atom stereocenters. The number of H-pyrrole nitrogens is 1. The van der Waals surface area contributed by atoms with Gasteiger partial charge in [0.25, 0.3) is 5.56 Å². The Morgan fingerprint density at radius 3 is 2.71 bits per heavy atom. The highest BCUT2D eigenvalue weighted by atomic mass is 79.9. The van der Waals surface area contributed by atoms with Gasteiger partial charge >= 0.3 is 0 Å². The molecule has 5 heteroatoms. The second kappa shape index (κ2) is 6.26. The number of fused-ring (bicyclic) bond motifs is 3. The molecule has 1 aromatic carbocycles. The summed E-state index contributed by atoms with van der Waals surface area (Å²) < 4.78 is 6.18. The molecule has 2 aromatic heterocycles. The summed E-state index contributed by atoms with van der Waals surface area (Å²) in [6, 6.07) is 5.61. The monoisotopic (exact) mass is 348 g/mol. The molecule has 0 aliphatic heterocycles. The van der Waals surface area contributed by atoms with Crippen LogP contribution in [0.5, 0.6) is 5.75 Å². The van der Waals surface area contributed by atoms with Crippen molar-refractivity contribution in [3.05, 3.63) is 44.8 Å². The van der Waals surface area contributed by atoms with Gasteiger partial charge in [-0.25, -0.2) is 0 Å². The number of aryl methyl sites for hydroxylation is 1. The van der Waals surface area contributed by atoms with E-state index in [1.807, 2.05) is 39.0 Å². The van der Waals surface area contributed by atoms with Crippen molar-refractivity contribution in [1.82, 2.24) is 9.97 Å². The molecule has 0 fully saturated rings. The van der Waals surface area contributed by atoms with E-state index in [4.69, 9.17) is 4.74 Å². The number of halogens is 1. The van der Waals surface area contributed by atoms with Crippen molar-refractivity contribution >= 4 is 37.7 Å². The van der Waals surface area contributed by atoms with Crippen LogP contribution >= 0.6 is 15.9 Å². The van der Waals surface area contributed by atoms with Gasteiger partial charge in [0.2, 0.25) is 0 Å². The molecule has 3 aromatic rings. The standard InChI is InChI=1S/C14H11BrN2O2.C2H6/c1-7-6-9(19-2)11(15)10-8-4-3-5-16-13(8)14(18)17-12(7)10;1-2/h3-6H,1-2H3,(H,17,18);1-2H3. The second-order valence-electron chi connectivity index (χ2n) is 4.31. The molecule has 0 spiro atoms. The summed E-state index contributed by atoms with van der Waals surface area (Å²) in [6.45, 7) is 5.94. The first kappa shape index (κ1) is 15.5. The zero-order valence-electron chi connectivity index (χ0n) is 12.5. The summed E-state index contributed by atoms with van der Waals surface area (Å²) >= 11 is 3.55. The molecule has 1 N–H and O–H groups in total. The molecule has 0 unspecified atom stereocenters. The highest BCUT2D eigenvalue weighted by Crippen LogP contribution is 2.37. The highest BCUT2D eigenvalue weighted by molar-refractivity contribution is 9.10. The lowest BCUT2D eigenvalue weighted by atomic mass is 10.1. The number of hydrogen-bond acceptors (Lipinski definition) is 3. The van der Waals surface area contributed by atoms with Gasteiger partial charge in [-0.1, -0.05) is 19.9 Å². The number of nitrogens with zero attached hydrogens (tertiary/aromatic N) is 1. The maximum absolute atomic E-state index is 12.0. The van der Waals surface area contributed by atoms with E-state index in [-0.39, 0.29) is 5.56 Å². The molecule has 110 valence electrons. The quantitative estimate of drug-likeness (QED) is 0.671. The normalized spacial score (nSPS) is 10.3. The summed E-state index contributed by atoms with van der Waals surface area (Å²) in [5.41, 5.74) is 2.02. The van der Waals surface area contributed by atoms with Gasteiger partial charge in [0, 0.05) is 17.0 Å². The van der Waals surface area contributed by atoms with Crippen LogP contribution in [0.3, 0.4) is 0 Å². The van der Waals surface area contributed by atoms with Crippen LogP contribution in [0.25, 0.3) is 21.8 Å². The summed E-state index contributed by atoms with van der Waals surface area (Å²) in [5.74, 6) is 0.738. The molecule has 4 nitrogen and oxygen atoms in total. The van der Waals surface area contributed by atoms with Crippen molar-refractivity contribution < 1.29 is 4.74 Å². The molecule has 0 aliphatic rings. The van der Waals surface area contributed by atoms with E-state index < -0.39 is 0 Å².